The van der Waals surface area contributed by atoms with Crippen molar-refractivity contribution in [3.8, 4) is 11.1 Å². The van der Waals surface area contributed by atoms with Crippen LogP contribution in [0.25, 0.3) is 54.7 Å². The summed E-state index contributed by atoms with van der Waals surface area (Å²) < 4.78 is 15.5. The summed E-state index contributed by atoms with van der Waals surface area (Å²) in [5.74, 6) is -0.0102. The Bertz CT molecular complexity index is 3120. The first kappa shape index (κ1) is 45.8. The van der Waals surface area contributed by atoms with Gasteiger partial charge in [-0.15, -0.1) is 0 Å². The number of ether oxygens (including phenoxy) is 3. The molecular formula is C53H56N8O7. The highest BCUT2D eigenvalue weighted by Gasteiger charge is 2.45. The van der Waals surface area contributed by atoms with Crippen LogP contribution in [-0.2, 0) is 28.6 Å². The Hall–Kier alpha value is -7.36. The van der Waals surface area contributed by atoms with E-state index in [2.05, 4.69) is 82.3 Å². The molecule has 4 amide bonds. The molecule has 0 unspecified atom stereocenters. The number of nitrogens with one attached hydrogen (secondary N) is 4. The van der Waals surface area contributed by atoms with Crippen molar-refractivity contribution in [2.24, 2.45) is 17.8 Å². The van der Waals surface area contributed by atoms with E-state index in [0.29, 0.717) is 36.9 Å². The molecule has 6 atom stereocenters. The number of amides is 4. The quantitative estimate of drug-likeness (QED) is 0.0831. The van der Waals surface area contributed by atoms with Gasteiger partial charge in [0.2, 0.25) is 11.8 Å². The highest BCUT2D eigenvalue weighted by molar-refractivity contribution is 6.08. The molecule has 2 aliphatic heterocycles. The van der Waals surface area contributed by atoms with Gasteiger partial charge in [0.1, 0.15) is 42.4 Å². The summed E-state index contributed by atoms with van der Waals surface area (Å²) in [5.41, 5.74) is 7.58. The van der Waals surface area contributed by atoms with Gasteiger partial charge in [-0.25, -0.2) is 14.8 Å². The van der Waals surface area contributed by atoms with Crippen molar-refractivity contribution in [2.75, 3.05) is 47.6 Å². The second-order valence-electron chi connectivity index (χ2n) is 18.2. The number of nitrogens with zero attached hydrogens (tertiary/aromatic N) is 4. The van der Waals surface area contributed by atoms with E-state index in [4.69, 9.17) is 24.2 Å². The SMILES string of the molecule is C=C1[C@H](COC)CN(C(=O)[C@H](NC(=O)COC)c2ccccc2)[C@@H]1c1nc2c(ccc3cc(-c4ccc5c(ccc6[nH]c([C@@H]7C(=C)[C@H](C)CN7C(=O)[C@@H](NC(=O)OC)C(C)C)nc65)c4)ccc32)[nH]1. The Morgan fingerprint density at radius 3 is 1.84 bits per heavy atom. The number of rotatable bonds is 13. The fourth-order valence-electron chi connectivity index (χ4n) is 9.88. The molecule has 350 valence electrons. The molecule has 0 saturated carbocycles. The summed E-state index contributed by atoms with van der Waals surface area (Å²) >= 11 is 0. The molecule has 0 bridgehead atoms. The van der Waals surface area contributed by atoms with Gasteiger partial charge in [0.25, 0.3) is 5.91 Å². The van der Waals surface area contributed by atoms with Gasteiger partial charge in [0, 0.05) is 44.0 Å². The zero-order chi connectivity index (χ0) is 48.0. The molecule has 7 aromatic rings. The summed E-state index contributed by atoms with van der Waals surface area (Å²) in [6, 6.07) is 27.2. The zero-order valence-corrected chi connectivity index (χ0v) is 39.1. The zero-order valence-electron chi connectivity index (χ0n) is 39.1. The van der Waals surface area contributed by atoms with E-state index in [-0.39, 0.29) is 36.2 Å². The van der Waals surface area contributed by atoms with Gasteiger partial charge in [-0.3, -0.25) is 14.4 Å². The number of alkyl carbamates (subject to hydrolysis) is 1. The molecule has 2 fully saturated rings. The number of H-pyrrole nitrogens is 2. The Morgan fingerprint density at radius 1 is 0.721 bits per heavy atom. The van der Waals surface area contributed by atoms with E-state index in [1.807, 2.05) is 63.2 Å². The van der Waals surface area contributed by atoms with Crippen LogP contribution in [0.3, 0.4) is 0 Å². The normalized spacial score (nSPS) is 19.4. The maximum atomic E-state index is 14.6. The monoisotopic (exact) mass is 916 g/mol. The van der Waals surface area contributed by atoms with Crippen molar-refractivity contribution in [3.05, 3.63) is 133 Å². The summed E-state index contributed by atoms with van der Waals surface area (Å²) in [5, 5.41) is 9.51. The third-order valence-corrected chi connectivity index (χ3v) is 13.5. The number of aromatic nitrogens is 4. The second-order valence-corrected chi connectivity index (χ2v) is 18.2. The van der Waals surface area contributed by atoms with Crippen LogP contribution in [0.4, 0.5) is 4.79 Å². The molecule has 5 aromatic carbocycles. The molecule has 0 aliphatic carbocycles. The molecular weight excluding hydrogens is 861 g/mol. The van der Waals surface area contributed by atoms with Crippen LogP contribution in [0.5, 0.6) is 0 Å². The number of hydrogen-bond acceptors (Lipinski definition) is 9. The predicted molar refractivity (Wildman–Crippen MR) is 261 cm³/mol. The smallest absolute Gasteiger partial charge is 0.407 e. The lowest BCUT2D eigenvalue weighted by atomic mass is 9.98. The number of benzene rings is 5. The molecule has 4 heterocycles. The van der Waals surface area contributed by atoms with Crippen molar-refractivity contribution in [1.82, 2.24) is 40.4 Å². The average Bonchev–Trinajstić information content (AvgIpc) is 4.12. The van der Waals surface area contributed by atoms with Crippen LogP contribution in [0.1, 0.15) is 56.1 Å². The third kappa shape index (κ3) is 8.36. The second kappa shape index (κ2) is 18.7. The van der Waals surface area contributed by atoms with E-state index in [1.54, 1.807) is 16.9 Å². The first-order valence-electron chi connectivity index (χ1n) is 22.8. The van der Waals surface area contributed by atoms with Crippen LogP contribution in [-0.4, -0.2) is 107 Å². The van der Waals surface area contributed by atoms with Gasteiger partial charge in [-0.1, -0.05) is 101 Å². The molecule has 15 nitrogen and oxygen atoms in total. The summed E-state index contributed by atoms with van der Waals surface area (Å²) in [7, 11) is 4.35. The van der Waals surface area contributed by atoms with Gasteiger partial charge < -0.3 is 44.6 Å². The Balaban J connectivity index is 1.01. The van der Waals surface area contributed by atoms with Gasteiger partial charge in [0.15, 0.2) is 0 Å². The van der Waals surface area contributed by atoms with Gasteiger partial charge in [0.05, 0.1) is 35.8 Å². The molecule has 4 N–H and O–H groups in total. The Morgan fingerprint density at radius 2 is 1.29 bits per heavy atom. The standard InChI is InChI=1S/C53H56N8O7/c1-28(2)43(59-53(65)68-8)51(63)60-24-29(3)30(4)47(60)49-54-40-20-16-35-22-33(14-18-38(35)45(40)57-49)34-15-19-39-36(23-34)17-21-41-46(39)58-50(55-41)48-31(5)37(26-66-6)25-61(48)52(64)44(56-42(62)27-67-7)32-12-10-9-11-13-32/h9-23,28-29,37,43-44,47-48H,4-5,24-27H2,1-3,6-8H3,(H,54,57)(H,55,58)(H,56,62)(H,59,65)/t29-,37+,43+,44-,47+,48+/m1/s1. The Labute approximate surface area is 393 Å². The highest BCUT2D eigenvalue weighted by atomic mass is 16.5. The largest absolute Gasteiger partial charge is 0.453 e. The molecule has 2 saturated heterocycles. The van der Waals surface area contributed by atoms with Gasteiger partial charge in [-0.05, 0) is 74.7 Å². The number of carbonyl (C=O) groups is 4. The molecule has 2 aliphatic rings. The number of aromatic amines is 2. The topological polar surface area (TPSA) is 184 Å². The lowest BCUT2D eigenvalue weighted by molar-refractivity contribution is -0.138. The van der Waals surface area contributed by atoms with Crippen molar-refractivity contribution in [2.45, 2.75) is 44.9 Å². The minimum absolute atomic E-state index is 0.0271. The predicted octanol–water partition coefficient (Wildman–Crippen LogP) is 8.07. The van der Waals surface area contributed by atoms with Crippen molar-refractivity contribution in [1.29, 1.82) is 0 Å². The lowest BCUT2D eigenvalue weighted by Crippen LogP contribution is -2.51. The minimum Gasteiger partial charge on any atom is -0.453 e. The van der Waals surface area contributed by atoms with Crippen LogP contribution in [0, 0.1) is 17.8 Å². The highest BCUT2D eigenvalue weighted by Crippen LogP contribution is 2.43. The molecule has 0 radical (unpaired) electrons. The van der Waals surface area contributed by atoms with E-state index >= 15 is 0 Å². The molecule has 2 aromatic heterocycles. The maximum Gasteiger partial charge on any atom is 0.407 e. The number of hydrogen-bond donors (Lipinski definition) is 4. The first-order chi connectivity index (χ1) is 32.8. The Kier molecular flexibility index (Phi) is 12.6. The van der Waals surface area contributed by atoms with Crippen LogP contribution >= 0.6 is 0 Å². The molecule has 0 spiro atoms. The maximum absolute atomic E-state index is 14.6. The number of imidazole rings is 2. The average molecular weight is 917 g/mol. The minimum atomic E-state index is -0.955. The van der Waals surface area contributed by atoms with Crippen molar-refractivity contribution >= 4 is 67.4 Å². The fraction of sp³-hybridized carbons (Fsp3) is 0.321. The number of fused-ring (bicyclic) bond motifs is 6. The summed E-state index contributed by atoms with van der Waals surface area (Å²) in [6.07, 6.45) is -0.658. The van der Waals surface area contributed by atoms with E-state index in [1.165, 1.54) is 14.2 Å². The van der Waals surface area contributed by atoms with Crippen molar-refractivity contribution < 1.29 is 33.4 Å². The van der Waals surface area contributed by atoms with Gasteiger partial charge >= 0.3 is 6.09 Å². The summed E-state index contributed by atoms with van der Waals surface area (Å²) in [4.78, 5) is 74.5. The first-order valence-corrected chi connectivity index (χ1v) is 22.8. The summed E-state index contributed by atoms with van der Waals surface area (Å²) in [6.45, 7) is 15.6. The van der Waals surface area contributed by atoms with E-state index in [9.17, 15) is 19.2 Å². The van der Waals surface area contributed by atoms with Gasteiger partial charge in [-0.2, -0.15) is 0 Å². The fourth-order valence-corrected chi connectivity index (χ4v) is 9.88. The van der Waals surface area contributed by atoms with Crippen LogP contribution < -0.4 is 10.6 Å². The van der Waals surface area contributed by atoms with Crippen LogP contribution in [0.2, 0.25) is 0 Å². The van der Waals surface area contributed by atoms with Crippen LogP contribution in [0.15, 0.2) is 115 Å². The number of methoxy groups -OCH3 is 3. The van der Waals surface area contributed by atoms with Crippen molar-refractivity contribution in [3.63, 3.8) is 0 Å². The molecule has 9 rings (SSSR count). The number of carbonyl (C=O) groups excluding carboxylic acids is 4. The number of likely N-dealkylation sites (tertiary alicyclic amines) is 2. The lowest BCUT2D eigenvalue weighted by Gasteiger charge is -2.30. The third-order valence-electron chi connectivity index (χ3n) is 13.5. The molecule has 68 heavy (non-hydrogen) atoms. The van der Waals surface area contributed by atoms with E-state index < -0.39 is 36.2 Å². The molecule has 15 heteroatoms. The van der Waals surface area contributed by atoms with E-state index in [0.717, 1.165) is 65.9 Å².